The molecule has 1 saturated carbocycles. The molecule has 2 rings (SSSR count). The van der Waals surface area contributed by atoms with E-state index in [0.29, 0.717) is 11.0 Å². The molecule has 9 heteroatoms. The van der Waals surface area contributed by atoms with Gasteiger partial charge in [-0.1, -0.05) is 22.0 Å². The fourth-order valence-electron chi connectivity index (χ4n) is 3.04. The van der Waals surface area contributed by atoms with E-state index < -0.39 is 18.1 Å². The smallest absolute Gasteiger partial charge is 0.444 e. The van der Waals surface area contributed by atoms with Gasteiger partial charge in [0, 0.05) is 23.1 Å². The van der Waals surface area contributed by atoms with Crippen molar-refractivity contribution in [2.24, 2.45) is 0 Å². The second-order valence-electron chi connectivity index (χ2n) is 7.88. The van der Waals surface area contributed by atoms with Crippen molar-refractivity contribution >= 4 is 22.0 Å². The highest BCUT2D eigenvalue weighted by atomic mass is 79.9. The molecule has 0 bridgehead atoms. The van der Waals surface area contributed by atoms with E-state index >= 15 is 0 Å². The molecule has 0 aliphatic heterocycles. The summed E-state index contributed by atoms with van der Waals surface area (Å²) < 4.78 is 46.6. The highest BCUT2D eigenvalue weighted by molar-refractivity contribution is 9.10. The monoisotopic (exact) mass is 466 g/mol. The van der Waals surface area contributed by atoms with Crippen LogP contribution in [0.1, 0.15) is 52.0 Å². The van der Waals surface area contributed by atoms with Gasteiger partial charge in [-0.15, -0.1) is 13.2 Å². The van der Waals surface area contributed by atoms with Gasteiger partial charge in [0.1, 0.15) is 11.4 Å². The molecule has 1 aliphatic carbocycles. The Kier molecular flexibility index (Phi) is 7.61. The largest absolute Gasteiger partial charge is 0.573 e. The summed E-state index contributed by atoms with van der Waals surface area (Å²) in [6.07, 6.45) is -1.62. The maximum atomic E-state index is 12.3. The Morgan fingerprint density at radius 3 is 2.29 bits per heavy atom. The van der Waals surface area contributed by atoms with Crippen LogP contribution >= 0.6 is 15.9 Å². The number of halogens is 4. The maximum Gasteiger partial charge on any atom is 0.573 e. The SMILES string of the molecule is CC(C)(C)OC(=O)NC1CCC(NCc2ccc(OC(F)(F)F)cc2Br)CC1. The number of ether oxygens (including phenoxy) is 2. The molecule has 0 spiro atoms. The van der Waals surface area contributed by atoms with Crippen LogP contribution in [-0.4, -0.2) is 30.1 Å². The Morgan fingerprint density at radius 2 is 1.75 bits per heavy atom. The molecular weight excluding hydrogens is 441 g/mol. The van der Waals surface area contributed by atoms with Gasteiger partial charge in [-0.05, 0) is 64.2 Å². The normalized spacial score (nSPS) is 20.5. The summed E-state index contributed by atoms with van der Waals surface area (Å²) in [4.78, 5) is 11.8. The molecule has 1 amide bonds. The summed E-state index contributed by atoms with van der Waals surface area (Å²) in [5.41, 5.74) is 0.334. The fourth-order valence-corrected chi connectivity index (χ4v) is 3.54. The number of hydrogen-bond acceptors (Lipinski definition) is 4. The van der Waals surface area contributed by atoms with Crippen molar-refractivity contribution in [1.82, 2.24) is 10.6 Å². The first-order valence-corrected chi connectivity index (χ1v) is 9.98. The van der Waals surface area contributed by atoms with Crippen LogP contribution in [0, 0.1) is 0 Å². The quantitative estimate of drug-likeness (QED) is 0.620. The molecule has 1 fully saturated rings. The van der Waals surface area contributed by atoms with Crippen LogP contribution in [0.25, 0.3) is 0 Å². The van der Waals surface area contributed by atoms with Gasteiger partial charge in [-0.25, -0.2) is 4.79 Å². The van der Waals surface area contributed by atoms with Gasteiger partial charge in [0.05, 0.1) is 0 Å². The zero-order valence-electron chi connectivity index (χ0n) is 16.2. The van der Waals surface area contributed by atoms with Crippen molar-refractivity contribution in [2.75, 3.05) is 0 Å². The molecule has 0 heterocycles. The first-order valence-electron chi connectivity index (χ1n) is 9.18. The molecule has 1 aromatic rings. The number of carbonyl (C=O) groups is 1. The van der Waals surface area contributed by atoms with Crippen molar-refractivity contribution < 1.29 is 27.4 Å². The Hall–Kier alpha value is -1.48. The van der Waals surface area contributed by atoms with Gasteiger partial charge in [-0.2, -0.15) is 0 Å². The van der Waals surface area contributed by atoms with Crippen molar-refractivity contribution in [3.05, 3.63) is 28.2 Å². The van der Waals surface area contributed by atoms with Gasteiger partial charge in [0.25, 0.3) is 0 Å². The molecule has 0 saturated heterocycles. The highest BCUT2D eigenvalue weighted by Crippen LogP contribution is 2.28. The molecule has 0 unspecified atom stereocenters. The minimum atomic E-state index is -4.70. The van der Waals surface area contributed by atoms with E-state index in [1.54, 1.807) is 6.07 Å². The molecular formula is C19H26BrF3N2O3. The Labute approximate surface area is 171 Å². The van der Waals surface area contributed by atoms with E-state index in [1.165, 1.54) is 12.1 Å². The lowest BCUT2D eigenvalue weighted by molar-refractivity contribution is -0.274. The molecule has 1 aliphatic rings. The zero-order valence-corrected chi connectivity index (χ0v) is 17.7. The van der Waals surface area contributed by atoms with E-state index in [1.807, 2.05) is 20.8 Å². The minimum Gasteiger partial charge on any atom is -0.444 e. The average molecular weight is 467 g/mol. The molecule has 0 atom stereocenters. The van der Waals surface area contributed by atoms with Gasteiger partial charge < -0.3 is 20.1 Å². The van der Waals surface area contributed by atoms with Crippen LogP contribution < -0.4 is 15.4 Å². The van der Waals surface area contributed by atoms with Crippen LogP contribution in [0.2, 0.25) is 0 Å². The van der Waals surface area contributed by atoms with Crippen LogP contribution in [-0.2, 0) is 11.3 Å². The standard InChI is InChI=1S/C19H26BrF3N2O3/c1-18(2,3)28-17(26)25-14-7-5-13(6-8-14)24-11-12-4-9-15(10-16(12)20)27-19(21,22)23/h4,9-10,13-14,24H,5-8,11H2,1-3H3,(H,25,26). The number of benzene rings is 1. The molecule has 0 radical (unpaired) electrons. The summed E-state index contributed by atoms with van der Waals surface area (Å²) in [6, 6.07) is 4.60. The van der Waals surface area contributed by atoms with Crippen molar-refractivity contribution in [1.29, 1.82) is 0 Å². The Morgan fingerprint density at radius 1 is 1.14 bits per heavy atom. The predicted molar refractivity (Wildman–Crippen MR) is 103 cm³/mol. The van der Waals surface area contributed by atoms with Crippen molar-refractivity contribution in [3.63, 3.8) is 0 Å². The van der Waals surface area contributed by atoms with E-state index in [4.69, 9.17) is 4.74 Å². The third-order valence-electron chi connectivity index (χ3n) is 4.29. The molecule has 0 aromatic heterocycles. The van der Waals surface area contributed by atoms with Crippen molar-refractivity contribution in [3.8, 4) is 5.75 Å². The summed E-state index contributed by atoms with van der Waals surface area (Å²) in [7, 11) is 0. The van der Waals surface area contributed by atoms with Crippen LogP contribution in [0.5, 0.6) is 5.75 Å². The lowest BCUT2D eigenvalue weighted by Gasteiger charge is -2.30. The van der Waals surface area contributed by atoms with Gasteiger partial charge in [-0.3, -0.25) is 0 Å². The molecule has 28 heavy (non-hydrogen) atoms. The third-order valence-corrected chi connectivity index (χ3v) is 5.03. The number of carbonyl (C=O) groups excluding carboxylic acids is 1. The average Bonchev–Trinajstić information content (AvgIpc) is 2.52. The lowest BCUT2D eigenvalue weighted by atomic mass is 9.91. The Balaban J connectivity index is 1.76. The number of rotatable bonds is 5. The minimum absolute atomic E-state index is 0.0958. The molecule has 5 nitrogen and oxygen atoms in total. The second-order valence-corrected chi connectivity index (χ2v) is 8.73. The first-order chi connectivity index (χ1) is 12.9. The van der Waals surface area contributed by atoms with Crippen molar-refractivity contribution in [2.45, 2.75) is 77.0 Å². The summed E-state index contributed by atoms with van der Waals surface area (Å²) in [5.74, 6) is -0.253. The molecule has 158 valence electrons. The predicted octanol–water partition coefficient (Wildman–Crippen LogP) is 5.27. The first kappa shape index (κ1) is 22.8. The Bertz CT molecular complexity index is 669. The summed E-state index contributed by atoms with van der Waals surface area (Å²) in [6.45, 7) is 6.01. The third kappa shape index (κ3) is 8.26. The number of hydrogen-bond donors (Lipinski definition) is 2. The molecule has 1 aromatic carbocycles. The number of alkyl carbamates (subject to hydrolysis) is 1. The van der Waals surface area contributed by atoms with E-state index in [2.05, 4.69) is 31.3 Å². The van der Waals surface area contributed by atoms with Crippen LogP contribution in [0.4, 0.5) is 18.0 Å². The summed E-state index contributed by atoms with van der Waals surface area (Å²) >= 11 is 3.29. The molecule has 2 N–H and O–H groups in total. The number of nitrogens with one attached hydrogen (secondary N) is 2. The van der Waals surface area contributed by atoms with E-state index in [9.17, 15) is 18.0 Å². The number of amides is 1. The number of alkyl halides is 3. The van der Waals surface area contributed by atoms with Crippen LogP contribution in [0.3, 0.4) is 0 Å². The highest BCUT2D eigenvalue weighted by Gasteiger charge is 2.31. The van der Waals surface area contributed by atoms with E-state index in [0.717, 1.165) is 31.2 Å². The van der Waals surface area contributed by atoms with Gasteiger partial charge in [0.2, 0.25) is 0 Å². The lowest BCUT2D eigenvalue weighted by Crippen LogP contribution is -2.43. The second kappa shape index (κ2) is 9.35. The van der Waals surface area contributed by atoms with Gasteiger partial charge >= 0.3 is 12.5 Å². The zero-order chi connectivity index (χ0) is 20.9. The maximum absolute atomic E-state index is 12.3. The van der Waals surface area contributed by atoms with Gasteiger partial charge in [0.15, 0.2) is 0 Å². The topological polar surface area (TPSA) is 59.6 Å². The van der Waals surface area contributed by atoms with E-state index in [-0.39, 0.29) is 17.8 Å². The fraction of sp³-hybridized carbons (Fsp3) is 0.632. The van der Waals surface area contributed by atoms with Crippen LogP contribution in [0.15, 0.2) is 22.7 Å². The summed E-state index contributed by atoms with van der Waals surface area (Å²) in [5, 5.41) is 6.32.